The van der Waals surface area contributed by atoms with Gasteiger partial charge in [-0.2, -0.15) is 10.4 Å². The van der Waals surface area contributed by atoms with Crippen molar-refractivity contribution in [3.63, 3.8) is 0 Å². The van der Waals surface area contributed by atoms with Crippen molar-refractivity contribution in [1.82, 2.24) is 4.57 Å². The van der Waals surface area contributed by atoms with E-state index in [1.54, 1.807) is 0 Å². The fraction of sp³-hybridized carbons (Fsp3) is 0. The molecule has 0 unspecified atom stereocenters. The third kappa shape index (κ3) is 6.48. The Kier molecular flexibility index (Phi) is 8.86. The second kappa shape index (κ2) is 15.8. The molecule has 14 aromatic rings. The Bertz CT molecular complexity index is 4290. The summed E-state index contributed by atoms with van der Waals surface area (Å²) in [5.41, 5.74) is 20.5. The number of fused-ring (bicyclic) bond motifs is 11. The number of aromatic nitrogens is 1. The summed E-state index contributed by atoms with van der Waals surface area (Å²) in [6.07, 6.45) is 0. The number of para-hydroxylation sites is 1. The van der Waals surface area contributed by atoms with Gasteiger partial charge in [-0.05, 0) is 126 Å². The monoisotopic (exact) mass is 917 g/mol. The lowest BCUT2D eigenvalue weighted by molar-refractivity contribution is 0.669. The highest BCUT2D eigenvalue weighted by molar-refractivity contribution is 6.73. The van der Waals surface area contributed by atoms with Crippen molar-refractivity contribution in [2.45, 2.75) is 0 Å². The van der Waals surface area contributed by atoms with E-state index in [1.807, 2.05) is 6.07 Å². The van der Waals surface area contributed by atoms with Gasteiger partial charge in [0.1, 0.15) is 11.2 Å². The van der Waals surface area contributed by atoms with Crippen molar-refractivity contribution in [3.05, 3.63) is 249 Å². The molecule has 0 atom stereocenters. The lowest BCUT2D eigenvalue weighted by Gasteiger charge is -2.13. The van der Waals surface area contributed by atoms with Gasteiger partial charge in [-0.15, -0.1) is 9.52 Å². The van der Waals surface area contributed by atoms with E-state index in [9.17, 15) is 0 Å². The molecule has 1 aliphatic rings. The van der Waals surface area contributed by atoms with Crippen LogP contribution in [0.1, 0.15) is 0 Å². The van der Waals surface area contributed by atoms with Crippen molar-refractivity contribution in [1.29, 1.82) is 0 Å². The van der Waals surface area contributed by atoms with Crippen molar-refractivity contribution in [3.8, 4) is 72.4 Å². The lowest BCUT2D eigenvalue weighted by Crippen LogP contribution is -2.21. The molecule has 2 aromatic heterocycles. The molecule has 2 nitrogen and oxygen atoms in total. The van der Waals surface area contributed by atoms with Crippen LogP contribution in [-0.4, -0.2) is 14.1 Å². The Hall–Kier alpha value is -9.02. The highest BCUT2D eigenvalue weighted by Gasteiger charge is 2.19. The van der Waals surface area contributed by atoms with Gasteiger partial charge in [-0.1, -0.05) is 211 Å². The van der Waals surface area contributed by atoms with Crippen LogP contribution in [0, 0.1) is 0 Å². The minimum absolute atomic E-state index is 0.748. The number of hydrogen-bond acceptors (Lipinski definition) is 1. The Morgan fingerprint density at radius 1 is 0.268 bits per heavy atom. The predicted octanol–water partition coefficient (Wildman–Crippen LogP) is 16.4. The largest absolute Gasteiger partial charge is 0.456 e. The molecule has 0 N–H and O–H groups in total. The average Bonchev–Trinajstić information content (AvgIpc) is 4.11. The van der Waals surface area contributed by atoms with Crippen LogP contribution in [0.25, 0.3) is 138 Å². The lowest BCUT2D eigenvalue weighted by atomic mass is 9.95. The SMILES string of the molecule is c1ccc2c(-c3ccc(-c4ccc5c(c4)c4cc(-c6ccc(-c7cccc8ccccc78)cc6)ccc4n5-c4ccc5c(c4)[SiH2-]c4cc(-c6ccc7oc8ccccc8c7c6)ccc4-5)cc3)cccc2c1. The second-order valence-corrected chi connectivity index (χ2v) is 21.1. The minimum Gasteiger partial charge on any atom is -0.456 e. The third-order valence-corrected chi connectivity index (χ3v) is 17.2. The standard InChI is InChI=1S/C68H43NOSi/c1-3-13-53-44(9-1)11-7-16-55(53)46-23-19-42(20-24-46)48-28-34-63-60(37-48)61-38-49(43-21-25-47(26-22-43)56-17-8-12-45-10-2-4-14-54(45)56)29-35-64(61)69(63)52-31-33-59-58-32-27-51(40-67(58)71-68(59)41-52)50-30-36-66-62(39-50)57-15-5-6-18-65(57)70-66/h1-41H,71H2/q-1. The van der Waals surface area contributed by atoms with Gasteiger partial charge in [0, 0.05) is 27.2 Å². The summed E-state index contributed by atoms with van der Waals surface area (Å²) >= 11 is 0. The summed E-state index contributed by atoms with van der Waals surface area (Å²) in [4.78, 5) is 0. The first kappa shape index (κ1) is 39.9. The maximum absolute atomic E-state index is 6.17. The van der Waals surface area contributed by atoms with E-state index in [1.165, 1.54) is 132 Å². The van der Waals surface area contributed by atoms with E-state index < -0.39 is 9.52 Å². The maximum Gasteiger partial charge on any atom is 0.135 e. The van der Waals surface area contributed by atoms with Crippen LogP contribution in [0.3, 0.4) is 0 Å². The number of furan rings is 1. The predicted molar refractivity (Wildman–Crippen MR) is 303 cm³/mol. The van der Waals surface area contributed by atoms with Crippen LogP contribution in [-0.2, 0) is 0 Å². The molecule has 12 aromatic carbocycles. The van der Waals surface area contributed by atoms with Gasteiger partial charge in [0.25, 0.3) is 0 Å². The van der Waals surface area contributed by atoms with Gasteiger partial charge in [0.15, 0.2) is 0 Å². The molecule has 0 fully saturated rings. The van der Waals surface area contributed by atoms with Crippen LogP contribution in [0.5, 0.6) is 0 Å². The molecule has 0 spiro atoms. The maximum atomic E-state index is 6.17. The molecule has 0 amide bonds. The quantitative estimate of drug-likeness (QED) is 0.152. The first-order valence-corrected chi connectivity index (χ1v) is 26.0. The van der Waals surface area contributed by atoms with Crippen molar-refractivity contribution in [2.75, 3.05) is 0 Å². The first-order chi connectivity index (χ1) is 35.1. The molecular weight excluding hydrogens is 875 g/mol. The van der Waals surface area contributed by atoms with Gasteiger partial charge in [0.2, 0.25) is 0 Å². The van der Waals surface area contributed by atoms with Crippen LogP contribution in [0.4, 0.5) is 0 Å². The normalized spacial score (nSPS) is 12.5. The van der Waals surface area contributed by atoms with Crippen LogP contribution < -0.4 is 10.4 Å². The number of rotatable bonds is 6. The molecule has 71 heavy (non-hydrogen) atoms. The molecule has 1 aliphatic heterocycles. The van der Waals surface area contributed by atoms with E-state index >= 15 is 0 Å². The Labute approximate surface area is 413 Å². The Balaban J connectivity index is 0.821. The highest BCUT2D eigenvalue weighted by atomic mass is 28.2. The van der Waals surface area contributed by atoms with E-state index in [0.717, 1.165) is 16.6 Å². The average molecular weight is 918 g/mol. The molecule has 15 rings (SSSR count). The molecule has 0 aliphatic carbocycles. The van der Waals surface area contributed by atoms with Gasteiger partial charge in [0.05, 0.1) is 11.0 Å². The zero-order valence-corrected chi connectivity index (χ0v) is 40.1. The number of nitrogens with zero attached hydrogens (tertiary/aromatic N) is 1. The molecule has 0 radical (unpaired) electrons. The zero-order chi connectivity index (χ0) is 46.6. The van der Waals surface area contributed by atoms with Gasteiger partial charge in [-0.25, -0.2) is 0 Å². The van der Waals surface area contributed by atoms with E-state index in [-0.39, 0.29) is 0 Å². The summed E-state index contributed by atoms with van der Waals surface area (Å²) < 4.78 is 8.67. The van der Waals surface area contributed by atoms with Gasteiger partial charge >= 0.3 is 0 Å². The topological polar surface area (TPSA) is 18.1 Å². The fourth-order valence-corrected chi connectivity index (χ4v) is 13.8. The minimum atomic E-state index is -0.748. The van der Waals surface area contributed by atoms with Crippen LogP contribution in [0.2, 0.25) is 0 Å². The van der Waals surface area contributed by atoms with E-state index in [4.69, 9.17) is 4.42 Å². The summed E-state index contributed by atoms with van der Waals surface area (Å²) in [6.45, 7) is 0. The molecule has 3 heteroatoms. The Morgan fingerprint density at radius 2 is 0.704 bits per heavy atom. The van der Waals surface area contributed by atoms with Crippen LogP contribution in [0.15, 0.2) is 253 Å². The van der Waals surface area contributed by atoms with Crippen molar-refractivity contribution in [2.24, 2.45) is 0 Å². The third-order valence-electron chi connectivity index (χ3n) is 15.2. The van der Waals surface area contributed by atoms with Crippen LogP contribution >= 0.6 is 0 Å². The second-order valence-electron chi connectivity index (χ2n) is 19.2. The summed E-state index contributed by atoms with van der Waals surface area (Å²) in [5.74, 6) is 0. The number of hydrogen-bond donors (Lipinski definition) is 0. The molecule has 331 valence electrons. The molecule has 0 bridgehead atoms. The highest BCUT2D eigenvalue weighted by Crippen LogP contribution is 2.40. The van der Waals surface area contributed by atoms with E-state index in [0.29, 0.717) is 0 Å². The smallest absolute Gasteiger partial charge is 0.135 e. The van der Waals surface area contributed by atoms with Crippen molar-refractivity contribution < 1.29 is 4.42 Å². The van der Waals surface area contributed by atoms with Crippen molar-refractivity contribution >= 4 is 85.2 Å². The number of benzene rings is 12. The fourth-order valence-electron chi connectivity index (χ4n) is 11.7. The molecule has 0 saturated heterocycles. The zero-order valence-electron chi connectivity index (χ0n) is 38.7. The molecular formula is C68H43NOSi-. The van der Waals surface area contributed by atoms with E-state index in [2.05, 4.69) is 247 Å². The summed E-state index contributed by atoms with van der Waals surface area (Å²) in [6, 6.07) is 92.1. The Morgan fingerprint density at radius 3 is 1.34 bits per heavy atom. The van der Waals surface area contributed by atoms with Gasteiger partial charge in [-0.3, -0.25) is 0 Å². The molecule has 3 heterocycles. The summed E-state index contributed by atoms with van der Waals surface area (Å²) in [5, 5.41) is 12.9. The molecule has 0 saturated carbocycles. The van der Waals surface area contributed by atoms with Gasteiger partial charge < -0.3 is 8.98 Å². The summed E-state index contributed by atoms with van der Waals surface area (Å²) in [7, 11) is -0.748. The first-order valence-electron chi connectivity index (χ1n) is 24.6.